The van der Waals surface area contributed by atoms with Crippen molar-refractivity contribution in [3.8, 4) is 17.6 Å². The first-order valence-corrected chi connectivity index (χ1v) is 15.3. The summed E-state index contributed by atoms with van der Waals surface area (Å²) in [5.74, 6) is 0.889. The SMILES string of the molecule is C[C@@H]1CN(C(=O)Cc2ccc(CN3CCN(CCO)CC3)c(C(F)(F)F)c2)Cc2cc(Oc3ccnc4[nH]c(C#N)cc34)ccc21. The van der Waals surface area contributed by atoms with Crippen LogP contribution in [-0.2, 0) is 30.5 Å². The smallest absolute Gasteiger partial charge is 0.416 e. The second-order valence-electron chi connectivity index (χ2n) is 12.0. The molecule has 0 saturated carbocycles. The van der Waals surface area contributed by atoms with Crippen LogP contribution in [0.25, 0.3) is 11.0 Å². The predicted octanol–water partition coefficient (Wildman–Crippen LogP) is 5.04. The number of fused-ring (bicyclic) bond motifs is 2. The normalized spacial score (nSPS) is 17.6. The van der Waals surface area contributed by atoms with Crippen LogP contribution in [0, 0.1) is 11.3 Å². The van der Waals surface area contributed by atoms with Crippen LogP contribution in [0.5, 0.6) is 11.5 Å². The van der Waals surface area contributed by atoms with E-state index in [9.17, 15) is 23.2 Å². The number of aromatic amines is 1. The fourth-order valence-electron chi connectivity index (χ4n) is 6.41. The number of amides is 1. The summed E-state index contributed by atoms with van der Waals surface area (Å²) >= 11 is 0. The number of carbonyl (C=O) groups excluding carboxylic acids is 1. The number of nitrogens with zero attached hydrogens (tertiary/aromatic N) is 5. The topological polar surface area (TPSA) is 109 Å². The van der Waals surface area contributed by atoms with Crippen molar-refractivity contribution in [1.29, 1.82) is 5.26 Å². The van der Waals surface area contributed by atoms with E-state index in [1.807, 2.05) is 30.0 Å². The first-order valence-electron chi connectivity index (χ1n) is 15.3. The maximum atomic E-state index is 14.2. The molecule has 2 N–H and O–H groups in total. The lowest BCUT2D eigenvalue weighted by Gasteiger charge is -2.35. The summed E-state index contributed by atoms with van der Waals surface area (Å²) in [6.45, 7) is 6.25. The van der Waals surface area contributed by atoms with Gasteiger partial charge in [0.15, 0.2) is 0 Å². The number of hydrogen-bond acceptors (Lipinski definition) is 7. The number of hydrogen-bond donors (Lipinski definition) is 2. The van der Waals surface area contributed by atoms with Crippen LogP contribution in [0.3, 0.4) is 0 Å². The van der Waals surface area contributed by atoms with Gasteiger partial charge in [-0.3, -0.25) is 14.6 Å². The fourth-order valence-corrected chi connectivity index (χ4v) is 6.41. The summed E-state index contributed by atoms with van der Waals surface area (Å²) in [5, 5.41) is 19.1. The number of aliphatic hydroxyl groups excluding tert-OH is 1. The molecule has 1 amide bonds. The molecule has 2 aromatic carbocycles. The van der Waals surface area contributed by atoms with Gasteiger partial charge in [-0.05, 0) is 58.5 Å². The molecule has 4 aromatic rings. The van der Waals surface area contributed by atoms with Gasteiger partial charge < -0.3 is 19.7 Å². The van der Waals surface area contributed by atoms with Crippen molar-refractivity contribution in [3.05, 3.63) is 88.2 Å². The maximum Gasteiger partial charge on any atom is 0.416 e. The number of aromatic nitrogens is 2. The molecule has 4 heterocycles. The molecule has 1 fully saturated rings. The molecule has 0 unspecified atom stereocenters. The quantitative estimate of drug-likeness (QED) is 0.280. The molecular formula is C34H35F3N6O3. The number of H-pyrrole nitrogens is 1. The van der Waals surface area contributed by atoms with Crippen molar-refractivity contribution in [2.75, 3.05) is 45.9 Å². The molecule has 0 bridgehead atoms. The molecule has 1 atom stereocenters. The first-order chi connectivity index (χ1) is 22.1. The number of carbonyl (C=O) groups is 1. The minimum absolute atomic E-state index is 0.0307. The Hall–Kier alpha value is -4.44. The van der Waals surface area contributed by atoms with Crippen LogP contribution in [0.1, 0.15) is 46.4 Å². The second-order valence-corrected chi connectivity index (χ2v) is 12.0. The van der Waals surface area contributed by atoms with E-state index in [2.05, 4.69) is 20.9 Å². The highest BCUT2D eigenvalue weighted by atomic mass is 19.4. The van der Waals surface area contributed by atoms with E-state index >= 15 is 0 Å². The Labute approximate surface area is 264 Å². The molecular weight excluding hydrogens is 597 g/mol. The molecule has 240 valence electrons. The number of nitriles is 1. The van der Waals surface area contributed by atoms with Crippen molar-refractivity contribution in [1.82, 2.24) is 24.7 Å². The van der Waals surface area contributed by atoms with Crippen LogP contribution in [0.15, 0.2) is 54.7 Å². The summed E-state index contributed by atoms with van der Waals surface area (Å²) < 4.78 is 48.7. The van der Waals surface area contributed by atoms with Gasteiger partial charge >= 0.3 is 6.18 Å². The molecule has 0 radical (unpaired) electrons. The number of aliphatic hydroxyl groups is 1. The Morgan fingerprint density at radius 1 is 1.11 bits per heavy atom. The number of ether oxygens (including phenoxy) is 1. The third kappa shape index (κ3) is 6.87. The van der Waals surface area contributed by atoms with Gasteiger partial charge in [0.05, 0.1) is 24.0 Å². The van der Waals surface area contributed by atoms with Crippen molar-refractivity contribution >= 4 is 16.9 Å². The number of halogens is 3. The summed E-state index contributed by atoms with van der Waals surface area (Å²) in [6, 6.07) is 15.4. The Balaban J connectivity index is 1.15. The van der Waals surface area contributed by atoms with E-state index in [1.165, 1.54) is 6.07 Å². The number of rotatable bonds is 8. The first kappa shape index (κ1) is 31.5. The van der Waals surface area contributed by atoms with Crippen molar-refractivity contribution < 1.29 is 27.8 Å². The number of benzene rings is 2. The lowest BCUT2D eigenvalue weighted by atomic mass is 9.90. The highest BCUT2D eigenvalue weighted by Crippen LogP contribution is 2.36. The zero-order chi connectivity index (χ0) is 32.4. The lowest BCUT2D eigenvalue weighted by molar-refractivity contribution is -0.138. The van der Waals surface area contributed by atoms with E-state index < -0.39 is 11.7 Å². The second kappa shape index (κ2) is 13.1. The average Bonchev–Trinajstić information content (AvgIpc) is 3.47. The third-order valence-corrected chi connectivity index (χ3v) is 8.80. The summed E-state index contributed by atoms with van der Waals surface area (Å²) in [6.07, 6.45) is -3.09. The van der Waals surface area contributed by atoms with Crippen LogP contribution in [0.2, 0.25) is 0 Å². The van der Waals surface area contributed by atoms with E-state index in [4.69, 9.17) is 9.84 Å². The monoisotopic (exact) mass is 632 g/mol. The molecule has 0 aliphatic carbocycles. The number of alkyl halides is 3. The van der Waals surface area contributed by atoms with Gasteiger partial charge in [-0.25, -0.2) is 4.98 Å². The number of pyridine rings is 1. The summed E-state index contributed by atoms with van der Waals surface area (Å²) in [7, 11) is 0. The van der Waals surface area contributed by atoms with Crippen LogP contribution < -0.4 is 4.74 Å². The molecule has 12 heteroatoms. The van der Waals surface area contributed by atoms with Crippen molar-refractivity contribution in [2.45, 2.75) is 38.5 Å². The zero-order valence-electron chi connectivity index (χ0n) is 25.5. The minimum Gasteiger partial charge on any atom is -0.457 e. The van der Waals surface area contributed by atoms with Gasteiger partial charge in [-0.15, -0.1) is 0 Å². The molecule has 2 aliphatic heterocycles. The fraction of sp³-hybridized carbons (Fsp3) is 0.382. The van der Waals surface area contributed by atoms with Crippen LogP contribution in [0.4, 0.5) is 13.2 Å². The Morgan fingerprint density at radius 2 is 1.89 bits per heavy atom. The number of piperazine rings is 1. The van der Waals surface area contributed by atoms with E-state index in [0.717, 1.165) is 17.2 Å². The van der Waals surface area contributed by atoms with Gasteiger partial charge in [0.25, 0.3) is 0 Å². The summed E-state index contributed by atoms with van der Waals surface area (Å²) in [5.41, 5.74) is 2.73. The van der Waals surface area contributed by atoms with Crippen molar-refractivity contribution in [2.24, 2.45) is 0 Å². The molecule has 2 aliphatic rings. The van der Waals surface area contributed by atoms with Gasteiger partial charge in [0.1, 0.15) is 28.9 Å². The number of nitrogens with one attached hydrogen (secondary N) is 1. The van der Waals surface area contributed by atoms with Crippen LogP contribution in [-0.4, -0.2) is 81.6 Å². The largest absolute Gasteiger partial charge is 0.457 e. The average molecular weight is 633 g/mol. The molecule has 0 spiro atoms. The van der Waals surface area contributed by atoms with E-state index in [0.29, 0.717) is 79.6 Å². The summed E-state index contributed by atoms with van der Waals surface area (Å²) in [4.78, 5) is 26.4. The molecule has 9 nitrogen and oxygen atoms in total. The maximum absolute atomic E-state index is 14.2. The molecule has 46 heavy (non-hydrogen) atoms. The van der Waals surface area contributed by atoms with Gasteiger partial charge in [0.2, 0.25) is 5.91 Å². The highest BCUT2D eigenvalue weighted by molar-refractivity contribution is 5.84. The molecule has 2 aromatic heterocycles. The van der Waals surface area contributed by atoms with Gasteiger partial charge in [0, 0.05) is 58.6 Å². The minimum atomic E-state index is -4.54. The van der Waals surface area contributed by atoms with Gasteiger partial charge in [-0.1, -0.05) is 25.1 Å². The third-order valence-electron chi connectivity index (χ3n) is 8.80. The van der Waals surface area contributed by atoms with E-state index in [1.54, 1.807) is 29.3 Å². The Bertz CT molecular complexity index is 1770. The predicted molar refractivity (Wildman–Crippen MR) is 165 cm³/mol. The molecule has 6 rings (SSSR count). The highest BCUT2D eigenvalue weighted by Gasteiger charge is 2.35. The van der Waals surface area contributed by atoms with Gasteiger partial charge in [-0.2, -0.15) is 18.4 Å². The Kier molecular flexibility index (Phi) is 8.99. The zero-order valence-corrected chi connectivity index (χ0v) is 25.5. The lowest BCUT2D eigenvalue weighted by Crippen LogP contribution is -2.46. The molecule has 1 saturated heterocycles. The van der Waals surface area contributed by atoms with E-state index in [-0.39, 0.29) is 37.0 Å². The standard InChI is InChI=1S/C34H35F3N6O3/c1-22-19-43(21-25-16-27(4-5-28(22)25)46-31-6-7-39-33-29(31)17-26(18-38)40-33)32(45)15-23-2-3-24(30(14-23)34(35,36)37)20-42-10-8-41(9-11-42)12-13-44/h2-7,14,16-17,22,44H,8-13,15,19-21H2,1H3,(H,39,40)/t22-/m1/s1. The van der Waals surface area contributed by atoms with Crippen LogP contribution >= 0.6 is 0 Å². The Morgan fingerprint density at radius 3 is 2.63 bits per heavy atom. The number of β-amino-alcohol motifs (C(OH)–C–C–N with tert-alkyl or cyclic N) is 1. The van der Waals surface area contributed by atoms with Crippen molar-refractivity contribution in [3.63, 3.8) is 0 Å².